The van der Waals surface area contributed by atoms with Crippen LogP contribution < -0.4 is 5.32 Å². The fraction of sp³-hybridized carbons (Fsp3) is 0.786. The quantitative estimate of drug-likeness (QED) is 0.582. The first-order valence-corrected chi connectivity index (χ1v) is 8.38. The van der Waals surface area contributed by atoms with E-state index >= 15 is 0 Å². The van der Waals surface area contributed by atoms with Gasteiger partial charge < -0.3 is 9.30 Å². The van der Waals surface area contributed by atoms with Gasteiger partial charge in [0.2, 0.25) is 0 Å². The molecular weight excluding hydrogens is 288 g/mol. The Morgan fingerprint density at radius 1 is 1.52 bits per heavy atom. The molecule has 1 aromatic rings. The van der Waals surface area contributed by atoms with Crippen molar-refractivity contribution in [1.82, 2.24) is 20.1 Å². The van der Waals surface area contributed by atoms with E-state index in [2.05, 4.69) is 15.5 Å². The van der Waals surface area contributed by atoms with Gasteiger partial charge >= 0.3 is 5.97 Å². The van der Waals surface area contributed by atoms with Crippen LogP contribution in [-0.4, -0.2) is 44.7 Å². The van der Waals surface area contributed by atoms with Crippen LogP contribution in [0.1, 0.15) is 38.9 Å². The fourth-order valence-electron chi connectivity index (χ4n) is 2.06. The summed E-state index contributed by atoms with van der Waals surface area (Å²) in [7, 11) is 1.95. The number of aromatic nitrogens is 3. The summed E-state index contributed by atoms with van der Waals surface area (Å²) in [6.45, 7) is 6.11. The predicted octanol–water partition coefficient (Wildman–Crippen LogP) is 1.68. The Kier molecular flexibility index (Phi) is 5.27. The number of nitrogens with one attached hydrogen (secondary N) is 1. The van der Waals surface area contributed by atoms with Gasteiger partial charge in [0.1, 0.15) is 11.4 Å². The molecule has 1 aliphatic rings. The lowest BCUT2D eigenvalue weighted by atomic mass is 9.99. The van der Waals surface area contributed by atoms with Crippen molar-refractivity contribution in [1.29, 1.82) is 0 Å². The van der Waals surface area contributed by atoms with E-state index in [9.17, 15) is 4.79 Å². The van der Waals surface area contributed by atoms with Crippen molar-refractivity contribution in [2.75, 3.05) is 12.4 Å². The van der Waals surface area contributed by atoms with Crippen molar-refractivity contribution < 1.29 is 9.53 Å². The second-order valence-electron chi connectivity index (χ2n) is 5.66. The molecule has 1 unspecified atom stereocenters. The molecule has 6 nitrogen and oxygen atoms in total. The average Bonchev–Trinajstić information content (AvgIpc) is 3.19. The van der Waals surface area contributed by atoms with Crippen LogP contribution in [0.2, 0.25) is 0 Å². The van der Waals surface area contributed by atoms with E-state index in [0.717, 1.165) is 29.6 Å². The molecule has 1 atom stereocenters. The van der Waals surface area contributed by atoms with Gasteiger partial charge in [-0.05, 0) is 40.0 Å². The Bertz CT molecular complexity index is 501. The topological polar surface area (TPSA) is 69.0 Å². The van der Waals surface area contributed by atoms with Crippen LogP contribution in [0.15, 0.2) is 5.16 Å². The van der Waals surface area contributed by atoms with Gasteiger partial charge in [-0.2, -0.15) is 0 Å². The Morgan fingerprint density at radius 2 is 2.24 bits per heavy atom. The lowest BCUT2D eigenvalue weighted by Crippen LogP contribution is -2.52. The second-order valence-corrected chi connectivity index (χ2v) is 6.72. The van der Waals surface area contributed by atoms with Crippen molar-refractivity contribution in [3.8, 4) is 0 Å². The van der Waals surface area contributed by atoms with Crippen molar-refractivity contribution in [3.05, 3.63) is 5.82 Å². The maximum absolute atomic E-state index is 12.2. The molecule has 0 saturated heterocycles. The molecule has 1 fully saturated rings. The van der Waals surface area contributed by atoms with Gasteiger partial charge in [0.05, 0.1) is 6.61 Å². The number of nitrogens with zero attached hydrogens (tertiary/aromatic N) is 3. The normalized spacial score (nSPS) is 17.5. The Labute approximate surface area is 130 Å². The van der Waals surface area contributed by atoms with E-state index < -0.39 is 5.54 Å². The molecule has 1 aliphatic carbocycles. The van der Waals surface area contributed by atoms with Crippen molar-refractivity contribution in [3.63, 3.8) is 0 Å². The van der Waals surface area contributed by atoms with Crippen LogP contribution in [0.25, 0.3) is 0 Å². The minimum atomic E-state index is -0.613. The van der Waals surface area contributed by atoms with Crippen LogP contribution in [0.5, 0.6) is 0 Å². The summed E-state index contributed by atoms with van der Waals surface area (Å²) in [5.41, 5.74) is -0.613. The summed E-state index contributed by atoms with van der Waals surface area (Å²) in [5.74, 6) is 1.52. The fourth-order valence-corrected chi connectivity index (χ4v) is 3.18. The van der Waals surface area contributed by atoms with Gasteiger partial charge in [0.15, 0.2) is 5.16 Å². The maximum atomic E-state index is 12.2. The summed E-state index contributed by atoms with van der Waals surface area (Å²) < 4.78 is 7.18. The zero-order chi connectivity index (χ0) is 15.5. The maximum Gasteiger partial charge on any atom is 0.326 e. The number of ether oxygens (including phenoxy) is 1. The number of hydrogen-bond donors (Lipinski definition) is 1. The third-order valence-electron chi connectivity index (χ3n) is 3.71. The highest BCUT2D eigenvalue weighted by Gasteiger charge is 2.39. The molecule has 0 bridgehead atoms. The van der Waals surface area contributed by atoms with Gasteiger partial charge in [-0.25, -0.2) is 0 Å². The minimum Gasteiger partial charge on any atom is -0.465 e. The SMILES string of the molecule is CCOC(=O)C(C)(CCSc1nnc(C)n1C)NC1CC1. The number of thioether (sulfide) groups is 1. The Hall–Kier alpha value is -1.08. The van der Waals surface area contributed by atoms with E-state index in [1.165, 1.54) is 0 Å². The number of carbonyl (C=O) groups is 1. The number of esters is 1. The van der Waals surface area contributed by atoms with Crippen LogP contribution in [0.4, 0.5) is 0 Å². The van der Waals surface area contributed by atoms with Crippen LogP contribution in [-0.2, 0) is 16.6 Å². The molecular formula is C14H24N4O2S. The first kappa shape index (κ1) is 16.3. The standard InChI is InChI=1S/C14H24N4O2S/c1-5-20-12(19)14(3,15-11-6-7-11)8-9-21-13-17-16-10(2)18(13)4/h11,15H,5-9H2,1-4H3. The summed E-state index contributed by atoms with van der Waals surface area (Å²) in [5, 5.41) is 12.5. The van der Waals surface area contributed by atoms with Crippen LogP contribution in [0, 0.1) is 6.92 Å². The summed E-state index contributed by atoms with van der Waals surface area (Å²) >= 11 is 1.62. The summed E-state index contributed by atoms with van der Waals surface area (Å²) in [6, 6.07) is 0.460. The zero-order valence-corrected chi connectivity index (χ0v) is 14.0. The van der Waals surface area contributed by atoms with E-state index in [1.54, 1.807) is 11.8 Å². The molecule has 0 aromatic carbocycles. The van der Waals surface area contributed by atoms with E-state index in [4.69, 9.17) is 4.74 Å². The number of carbonyl (C=O) groups excluding carboxylic acids is 1. The molecule has 0 radical (unpaired) electrons. The molecule has 7 heteroatoms. The molecule has 1 heterocycles. The highest BCUT2D eigenvalue weighted by Crippen LogP contribution is 2.27. The lowest BCUT2D eigenvalue weighted by molar-refractivity contribution is -0.150. The van der Waals surface area contributed by atoms with Gasteiger partial charge in [0.25, 0.3) is 0 Å². The molecule has 0 spiro atoms. The molecule has 1 N–H and O–H groups in total. The van der Waals surface area contributed by atoms with E-state index in [1.807, 2.05) is 32.4 Å². The zero-order valence-electron chi connectivity index (χ0n) is 13.2. The van der Waals surface area contributed by atoms with E-state index in [0.29, 0.717) is 19.1 Å². The number of rotatable bonds is 8. The molecule has 0 amide bonds. The Balaban J connectivity index is 1.92. The van der Waals surface area contributed by atoms with Gasteiger partial charge in [-0.1, -0.05) is 11.8 Å². The predicted molar refractivity (Wildman–Crippen MR) is 82.3 cm³/mol. The van der Waals surface area contributed by atoms with Crippen LogP contribution in [0.3, 0.4) is 0 Å². The van der Waals surface area contributed by atoms with Crippen LogP contribution >= 0.6 is 11.8 Å². The molecule has 118 valence electrons. The minimum absolute atomic E-state index is 0.161. The second kappa shape index (κ2) is 6.79. The summed E-state index contributed by atoms with van der Waals surface area (Å²) in [6.07, 6.45) is 2.99. The van der Waals surface area contributed by atoms with Crippen molar-refractivity contribution in [2.45, 2.75) is 56.8 Å². The van der Waals surface area contributed by atoms with Gasteiger partial charge in [0, 0.05) is 18.8 Å². The first-order chi connectivity index (χ1) is 9.96. The molecule has 2 rings (SSSR count). The highest BCUT2D eigenvalue weighted by atomic mass is 32.2. The highest BCUT2D eigenvalue weighted by molar-refractivity contribution is 7.99. The lowest BCUT2D eigenvalue weighted by Gasteiger charge is -2.28. The smallest absolute Gasteiger partial charge is 0.326 e. The molecule has 1 saturated carbocycles. The first-order valence-electron chi connectivity index (χ1n) is 7.40. The number of hydrogen-bond acceptors (Lipinski definition) is 6. The summed E-state index contributed by atoms with van der Waals surface area (Å²) in [4.78, 5) is 12.2. The molecule has 0 aliphatic heterocycles. The number of aryl methyl sites for hydroxylation is 1. The van der Waals surface area contributed by atoms with Crippen molar-refractivity contribution >= 4 is 17.7 Å². The molecule has 1 aromatic heterocycles. The third kappa shape index (κ3) is 4.20. The third-order valence-corrected chi connectivity index (χ3v) is 4.73. The van der Waals surface area contributed by atoms with Gasteiger partial charge in [-0.3, -0.25) is 10.1 Å². The Morgan fingerprint density at radius 3 is 2.76 bits per heavy atom. The van der Waals surface area contributed by atoms with Gasteiger partial charge in [-0.15, -0.1) is 10.2 Å². The average molecular weight is 312 g/mol. The van der Waals surface area contributed by atoms with Crippen molar-refractivity contribution in [2.24, 2.45) is 7.05 Å². The monoisotopic (exact) mass is 312 g/mol. The largest absolute Gasteiger partial charge is 0.465 e. The van der Waals surface area contributed by atoms with E-state index in [-0.39, 0.29) is 5.97 Å². The molecule has 21 heavy (non-hydrogen) atoms.